The van der Waals surface area contributed by atoms with E-state index in [9.17, 15) is 13.2 Å². The maximum Gasteiger partial charge on any atom is 0.262 e. The molecule has 1 N–H and O–H groups in total. The van der Waals surface area contributed by atoms with Gasteiger partial charge in [0.2, 0.25) is 10.0 Å². The van der Waals surface area contributed by atoms with Gasteiger partial charge in [0, 0.05) is 19.1 Å². The Bertz CT molecular complexity index is 900. The van der Waals surface area contributed by atoms with Gasteiger partial charge in [-0.25, -0.2) is 12.7 Å². The van der Waals surface area contributed by atoms with Gasteiger partial charge in [0.05, 0.1) is 17.7 Å². The van der Waals surface area contributed by atoms with Crippen LogP contribution in [-0.4, -0.2) is 46.4 Å². The molecule has 0 aliphatic carbocycles. The molecule has 2 aromatic rings. The first-order valence-corrected chi connectivity index (χ1v) is 9.34. The van der Waals surface area contributed by atoms with Crippen LogP contribution in [0.3, 0.4) is 0 Å². The van der Waals surface area contributed by atoms with Gasteiger partial charge >= 0.3 is 0 Å². The molecule has 7 nitrogen and oxygen atoms in total. The number of anilines is 1. The van der Waals surface area contributed by atoms with E-state index < -0.39 is 15.9 Å². The van der Waals surface area contributed by atoms with E-state index in [1.807, 2.05) is 0 Å². The van der Waals surface area contributed by atoms with Crippen molar-refractivity contribution in [2.45, 2.75) is 4.90 Å². The van der Waals surface area contributed by atoms with Crippen LogP contribution in [0.1, 0.15) is 0 Å². The number of nitrogens with zero attached hydrogens (tertiary/aromatic N) is 1. The summed E-state index contributed by atoms with van der Waals surface area (Å²) in [7, 11) is 0.639. The lowest BCUT2D eigenvalue weighted by atomic mass is 10.3. The maximum atomic E-state index is 12.2. The summed E-state index contributed by atoms with van der Waals surface area (Å²) in [6, 6.07) is 10.9. The van der Waals surface area contributed by atoms with Crippen molar-refractivity contribution in [2.24, 2.45) is 0 Å². The third-order valence-corrected chi connectivity index (χ3v) is 5.44. The number of sulfonamides is 1. The SMILES string of the molecule is COc1ccc(S(=O)(=O)N(C)C)cc1NC(=O)COc1cccc(Cl)c1. The molecule has 0 aliphatic heterocycles. The smallest absolute Gasteiger partial charge is 0.262 e. The highest BCUT2D eigenvalue weighted by atomic mass is 35.5. The first-order chi connectivity index (χ1) is 12.2. The van der Waals surface area contributed by atoms with Crippen molar-refractivity contribution in [3.05, 3.63) is 47.5 Å². The van der Waals surface area contributed by atoms with E-state index in [1.54, 1.807) is 24.3 Å². The molecule has 0 heterocycles. The number of nitrogens with one attached hydrogen (secondary N) is 1. The van der Waals surface area contributed by atoms with Crippen LogP contribution in [-0.2, 0) is 14.8 Å². The molecule has 0 spiro atoms. The van der Waals surface area contributed by atoms with Crippen molar-refractivity contribution in [3.63, 3.8) is 0 Å². The quantitative estimate of drug-likeness (QED) is 0.774. The lowest BCUT2D eigenvalue weighted by Gasteiger charge is -2.15. The molecule has 140 valence electrons. The van der Waals surface area contributed by atoms with E-state index in [0.29, 0.717) is 16.5 Å². The van der Waals surface area contributed by atoms with Crippen LogP contribution >= 0.6 is 11.6 Å². The molecule has 0 radical (unpaired) electrons. The summed E-state index contributed by atoms with van der Waals surface area (Å²) in [5, 5.41) is 3.08. The largest absolute Gasteiger partial charge is 0.495 e. The van der Waals surface area contributed by atoms with E-state index >= 15 is 0 Å². The molecule has 9 heteroatoms. The van der Waals surface area contributed by atoms with Crippen LogP contribution in [0.15, 0.2) is 47.4 Å². The van der Waals surface area contributed by atoms with Gasteiger partial charge in [0.1, 0.15) is 11.5 Å². The highest BCUT2D eigenvalue weighted by Gasteiger charge is 2.20. The van der Waals surface area contributed by atoms with Crippen molar-refractivity contribution in [1.82, 2.24) is 4.31 Å². The summed E-state index contributed by atoms with van der Waals surface area (Å²) in [6.07, 6.45) is 0. The van der Waals surface area contributed by atoms with E-state index in [2.05, 4.69) is 5.32 Å². The Morgan fingerprint density at radius 3 is 2.54 bits per heavy atom. The monoisotopic (exact) mass is 398 g/mol. The third kappa shape index (κ3) is 4.87. The number of carbonyl (C=O) groups excluding carboxylic acids is 1. The number of carbonyl (C=O) groups is 1. The number of hydrogen-bond acceptors (Lipinski definition) is 5. The Morgan fingerprint density at radius 2 is 1.92 bits per heavy atom. The van der Waals surface area contributed by atoms with Crippen molar-refractivity contribution >= 4 is 33.2 Å². The first kappa shape index (κ1) is 20.0. The van der Waals surface area contributed by atoms with Crippen molar-refractivity contribution in [3.8, 4) is 11.5 Å². The van der Waals surface area contributed by atoms with Crippen LogP contribution in [0.4, 0.5) is 5.69 Å². The zero-order valence-electron chi connectivity index (χ0n) is 14.5. The Balaban J connectivity index is 2.15. The highest BCUT2D eigenvalue weighted by Crippen LogP contribution is 2.28. The number of benzene rings is 2. The van der Waals surface area contributed by atoms with Gasteiger partial charge in [-0.3, -0.25) is 4.79 Å². The summed E-state index contributed by atoms with van der Waals surface area (Å²) in [5.41, 5.74) is 0.232. The minimum atomic E-state index is -3.64. The standard InChI is InChI=1S/C17H19ClN2O5S/c1-20(2)26(22,23)14-7-8-16(24-3)15(10-14)19-17(21)11-25-13-6-4-5-12(18)9-13/h4-10H,11H2,1-3H3,(H,19,21). The fraction of sp³-hybridized carbons (Fsp3) is 0.235. The molecule has 1 amide bonds. The molecule has 0 fully saturated rings. The Hall–Kier alpha value is -2.29. The number of halogens is 1. The van der Waals surface area contributed by atoms with E-state index in [4.69, 9.17) is 21.1 Å². The predicted molar refractivity (Wildman–Crippen MR) is 99.4 cm³/mol. The Labute approximate surface area is 157 Å². The van der Waals surface area contributed by atoms with Gasteiger partial charge in [-0.1, -0.05) is 17.7 Å². The molecule has 0 aliphatic rings. The van der Waals surface area contributed by atoms with Gasteiger partial charge in [0.25, 0.3) is 5.91 Å². The Kier molecular flexibility index (Phi) is 6.47. The summed E-state index contributed by atoms with van der Waals surface area (Å²) in [6.45, 7) is -0.270. The Morgan fingerprint density at radius 1 is 1.19 bits per heavy atom. The number of rotatable bonds is 7. The van der Waals surface area contributed by atoms with Gasteiger partial charge < -0.3 is 14.8 Å². The topological polar surface area (TPSA) is 84.9 Å². The fourth-order valence-corrected chi connectivity index (χ4v) is 3.16. The highest BCUT2D eigenvalue weighted by molar-refractivity contribution is 7.89. The minimum Gasteiger partial charge on any atom is -0.495 e. The number of hydrogen-bond donors (Lipinski definition) is 1. The van der Waals surface area contributed by atoms with Crippen LogP contribution in [0.2, 0.25) is 5.02 Å². The average molecular weight is 399 g/mol. The van der Waals surface area contributed by atoms with Crippen molar-refractivity contribution in [2.75, 3.05) is 33.1 Å². The van der Waals surface area contributed by atoms with Gasteiger partial charge in [-0.15, -0.1) is 0 Å². The van der Waals surface area contributed by atoms with Gasteiger partial charge in [0.15, 0.2) is 6.61 Å². The number of methoxy groups -OCH3 is 1. The number of ether oxygens (including phenoxy) is 2. The molecular weight excluding hydrogens is 380 g/mol. The maximum absolute atomic E-state index is 12.2. The minimum absolute atomic E-state index is 0.0364. The molecular formula is C17H19ClN2O5S. The van der Waals surface area contributed by atoms with Crippen LogP contribution in [0, 0.1) is 0 Å². The summed E-state index contributed by atoms with van der Waals surface area (Å²) in [4.78, 5) is 12.2. The molecule has 0 bridgehead atoms. The van der Waals surface area contributed by atoms with Crippen LogP contribution < -0.4 is 14.8 Å². The fourth-order valence-electron chi connectivity index (χ4n) is 2.05. The molecule has 2 aromatic carbocycles. The van der Waals surface area contributed by atoms with Crippen molar-refractivity contribution < 1.29 is 22.7 Å². The first-order valence-electron chi connectivity index (χ1n) is 7.53. The summed E-state index contributed by atoms with van der Waals surface area (Å²) in [5.74, 6) is 0.310. The van der Waals surface area contributed by atoms with E-state index in [0.717, 1.165) is 4.31 Å². The molecule has 0 saturated heterocycles. The molecule has 26 heavy (non-hydrogen) atoms. The van der Waals surface area contributed by atoms with E-state index in [1.165, 1.54) is 39.4 Å². The second kappa shape index (κ2) is 8.39. The van der Waals surface area contributed by atoms with Crippen LogP contribution in [0.5, 0.6) is 11.5 Å². The second-order valence-electron chi connectivity index (χ2n) is 5.44. The third-order valence-electron chi connectivity index (χ3n) is 3.39. The summed E-state index contributed by atoms with van der Waals surface area (Å²) < 4.78 is 36.1. The molecule has 0 saturated carbocycles. The van der Waals surface area contributed by atoms with E-state index in [-0.39, 0.29) is 17.2 Å². The normalized spacial score (nSPS) is 11.3. The zero-order chi connectivity index (χ0) is 19.3. The molecule has 0 unspecified atom stereocenters. The predicted octanol–water partition coefficient (Wildman–Crippen LogP) is 2.62. The van der Waals surface area contributed by atoms with Crippen LogP contribution in [0.25, 0.3) is 0 Å². The van der Waals surface area contributed by atoms with Crippen molar-refractivity contribution in [1.29, 1.82) is 0 Å². The lowest BCUT2D eigenvalue weighted by Crippen LogP contribution is -2.23. The average Bonchev–Trinajstić information content (AvgIpc) is 2.60. The molecule has 0 atom stereocenters. The number of amides is 1. The second-order valence-corrected chi connectivity index (χ2v) is 8.03. The molecule has 0 aromatic heterocycles. The van der Waals surface area contributed by atoms with Gasteiger partial charge in [-0.2, -0.15) is 0 Å². The zero-order valence-corrected chi connectivity index (χ0v) is 16.1. The molecule has 2 rings (SSSR count). The lowest BCUT2D eigenvalue weighted by molar-refractivity contribution is -0.118. The van der Waals surface area contributed by atoms with Gasteiger partial charge in [-0.05, 0) is 36.4 Å². The summed E-state index contributed by atoms with van der Waals surface area (Å²) >= 11 is 5.86.